The van der Waals surface area contributed by atoms with Crippen molar-refractivity contribution in [3.8, 4) is 0 Å². The number of rotatable bonds is 3. The lowest BCUT2D eigenvalue weighted by atomic mass is 10.3. The van der Waals surface area contributed by atoms with Gasteiger partial charge in [-0.3, -0.25) is 0 Å². The molecule has 2 heterocycles. The lowest BCUT2D eigenvalue weighted by Crippen LogP contribution is -1.87. The van der Waals surface area contributed by atoms with Crippen molar-refractivity contribution in [1.29, 1.82) is 0 Å². The summed E-state index contributed by atoms with van der Waals surface area (Å²) in [5.74, 6) is -0.258. The van der Waals surface area contributed by atoms with Gasteiger partial charge in [0.25, 0.3) is 0 Å². The van der Waals surface area contributed by atoms with Gasteiger partial charge in [-0.15, -0.1) is 11.3 Å². The topological polar surface area (TPSA) is 25.8 Å². The van der Waals surface area contributed by atoms with E-state index in [4.69, 9.17) is 11.6 Å². The maximum absolute atomic E-state index is 13.8. The molecule has 0 aliphatic rings. The maximum atomic E-state index is 13.8. The molecule has 0 aliphatic heterocycles. The Labute approximate surface area is 129 Å². The Morgan fingerprint density at radius 3 is 2.85 bits per heavy atom. The van der Waals surface area contributed by atoms with E-state index >= 15 is 0 Å². The highest BCUT2D eigenvalue weighted by Gasteiger charge is 2.13. The van der Waals surface area contributed by atoms with Gasteiger partial charge in [-0.25, -0.2) is 14.4 Å². The van der Waals surface area contributed by atoms with E-state index in [1.54, 1.807) is 29.5 Å². The van der Waals surface area contributed by atoms with Crippen LogP contribution >= 0.6 is 34.7 Å². The first-order valence-corrected chi connectivity index (χ1v) is 8.07. The fraction of sp³-hybridized carbons (Fsp3) is 0.143. The number of benzene rings is 1. The minimum Gasteiger partial charge on any atom is -0.210 e. The summed E-state index contributed by atoms with van der Waals surface area (Å²) in [4.78, 5) is 11.1. The highest BCUT2D eigenvalue weighted by atomic mass is 35.5. The molecule has 0 aliphatic carbocycles. The predicted molar refractivity (Wildman–Crippen MR) is 82.3 cm³/mol. The Morgan fingerprint density at radius 2 is 2.10 bits per heavy atom. The molecular weight excluding hydrogens is 315 g/mol. The van der Waals surface area contributed by atoms with Crippen molar-refractivity contribution in [3.63, 3.8) is 0 Å². The number of nitrogens with zero attached hydrogens (tertiary/aromatic N) is 2. The number of hydrogen-bond donors (Lipinski definition) is 0. The summed E-state index contributed by atoms with van der Waals surface area (Å²) in [6, 6.07) is 8.69. The van der Waals surface area contributed by atoms with E-state index in [1.165, 1.54) is 22.7 Å². The van der Waals surface area contributed by atoms with Crippen LogP contribution in [-0.4, -0.2) is 9.97 Å². The minimum absolute atomic E-state index is 0.195. The number of fused-ring (bicyclic) bond motifs is 1. The summed E-state index contributed by atoms with van der Waals surface area (Å²) in [5.41, 5.74) is 0. The van der Waals surface area contributed by atoms with Gasteiger partial charge in [0.05, 0.1) is 0 Å². The molecule has 3 rings (SSSR count). The summed E-state index contributed by atoms with van der Waals surface area (Å²) in [6.45, 7) is 2.09. The second-order valence-corrected chi connectivity index (χ2v) is 6.60. The lowest BCUT2D eigenvalue weighted by Gasteiger charge is -2.03. The molecule has 0 atom stereocenters. The molecule has 1 aromatic carbocycles. The Bertz CT molecular complexity index is 773. The van der Waals surface area contributed by atoms with E-state index in [-0.39, 0.29) is 11.1 Å². The Kier molecular flexibility index (Phi) is 3.92. The van der Waals surface area contributed by atoms with E-state index in [0.717, 1.165) is 16.6 Å². The number of hydrogen-bond acceptors (Lipinski definition) is 4. The molecule has 0 fully saturated rings. The van der Waals surface area contributed by atoms with Crippen LogP contribution in [0.15, 0.2) is 40.3 Å². The number of thiophene rings is 1. The zero-order valence-electron chi connectivity index (χ0n) is 10.6. The van der Waals surface area contributed by atoms with Gasteiger partial charge in [-0.2, -0.15) is 0 Å². The molecule has 20 heavy (non-hydrogen) atoms. The highest BCUT2D eigenvalue weighted by molar-refractivity contribution is 7.99. The van der Waals surface area contributed by atoms with Gasteiger partial charge in [0, 0.05) is 15.2 Å². The van der Waals surface area contributed by atoms with Crippen molar-refractivity contribution in [2.24, 2.45) is 0 Å². The van der Waals surface area contributed by atoms with Gasteiger partial charge in [0.1, 0.15) is 15.7 Å². The molecule has 2 aromatic heterocycles. The van der Waals surface area contributed by atoms with Gasteiger partial charge < -0.3 is 0 Å². The van der Waals surface area contributed by atoms with Crippen molar-refractivity contribution in [1.82, 2.24) is 9.97 Å². The van der Waals surface area contributed by atoms with Crippen molar-refractivity contribution in [2.75, 3.05) is 0 Å². The van der Waals surface area contributed by atoms with Gasteiger partial charge in [0.2, 0.25) is 5.28 Å². The summed E-state index contributed by atoms with van der Waals surface area (Å²) in [7, 11) is 0. The first kappa shape index (κ1) is 13.8. The van der Waals surface area contributed by atoms with Gasteiger partial charge in [-0.05, 0) is 36.2 Å². The maximum Gasteiger partial charge on any atom is 0.224 e. The van der Waals surface area contributed by atoms with Crippen LogP contribution < -0.4 is 0 Å². The van der Waals surface area contributed by atoms with Crippen molar-refractivity contribution < 1.29 is 4.39 Å². The van der Waals surface area contributed by atoms with Crippen LogP contribution in [0.2, 0.25) is 5.28 Å². The molecular formula is C14H10ClFN2S2. The molecule has 0 saturated carbocycles. The molecule has 0 amide bonds. The van der Waals surface area contributed by atoms with Gasteiger partial charge in [-0.1, -0.05) is 30.8 Å². The largest absolute Gasteiger partial charge is 0.224 e. The van der Waals surface area contributed by atoms with E-state index in [2.05, 4.69) is 23.0 Å². The van der Waals surface area contributed by atoms with Crippen molar-refractivity contribution in [2.45, 2.75) is 23.3 Å². The first-order valence-electron chi connectivity index (χ1n) is 6.05. The molecule has 3 aromatic rings. The predicted octanol–water partition coefficient (Wildman–Crippen LogP) is 5.20. The minimum atomic E-state index is -0.258. The Hall–Kier alpha value is -1.17. The molecule has 0 unspecified atom stereocenters. The monoisotopic (exact) mass is 324 g/mol. The third-order valence-electron chi connectivity index (χ3n) is 2.77. The van der Waals surface area contributed by atoms with Crippen LogP contribution in [0.25, 0.3) is 10.2 Å². The standard InChI is InChI=1S/C14H10ClFN2S2/c1-2-8-7-9-12(19-8)17-14(15)18-13(9)20-11-6-4-3-5-10(11)16/h3-7H,2H2,1H3. The van der Waals surface area contributed by atoms with Gasteiger partial charge in [0.15, 0.2) is 0 Å². The van der Waals surface area contributed by atoms with Crippen molar-refractivity contribution in [3.05, 3.63) is 46.3 Å². The van der Waals surface area contributed by atoms with Crippen LogP contribution in [0.3, 0.4) is 0 Å². The quantitative estimate of drug-likeness (QED) is 0.489. The molecule has 0 radical (unpaired) electrons. The van der Waals surface area contributed by atoms with Crippen LogP contribution in [0.4, 0.5) is 4.39 Å². The Balaban J connectivity index is 2.11. The van der Waals surface area contributed by atoms with Crippen LogP contribution in [-0.2, 0) is 6.42 Å². The van der Waals surface area contributed by atoms with Crippen LogP contribution in [0.5, 0.6) is 0 Å². The number of aromatic nitrogens is 2. The number of halogens is 2. The second-order valence-electron chi connectivity index (χ2n) is 4.12. The normalized spacial score (nSPS) is 11.2. The lowest BCUT2D eigenvalue weighted by molar-refractivity contribution is 0.602. The third-order valence-corrected chi connectivity index (χ3v) is 5.17. The van der Waals surface area contributed by atoms with E-state index in [0.29, 0.717) is 9.92 Å². The molecule has 2 nitrogen and oxygen atoms in total. The van der Waals surface area contributed by atoms with Crippen LogP contribution in [0.1, 0.15) is 11.8 Å². The zero-order chi connectivity index (χ0) is 14.1. The Morgan fingerprint density at radius 1 is 1.30 bits per heavy atom. The van der Waals surface area contributed by atoms with Crippen LogP contribution in [0, 0.1) is 5.82 Å². The summed E-state index contributed by atoms with van der Waals surface area (Å²) in [6.07, 6.45) is 0.933. The number of aryl methyl sites for hydroxylation is 1. The van der Waals surface area contributed by atoms with E-state index < -0.39 is 0 Å². The fourth-order valence-corrected chi connectivity index (χ4v) is 4.02. The average molecular weight is 325 g/mol. The highest BCUT2D eigenvalue weighted by Crippen LogP contribution is 2.36. The first-order chi connectivity index (χ1) is 9.67. The van der Waals surface area contributed by atoms with Crippen molar-refractivity contribution >= 4 is 44.9 Å². The van der Waals surface area contributed by atoms with E-state index in [1.807, 2.05) is 0 Å². The molecule has 102 valence electrons. The molecule has 0 bridgehead atoms. The zero-order valence-corrected chi connectivity index (χ0v) is 12.9. The molecule has 6 heteroatoms. The van der Waals surface area contributed by atoms with E-state index in [9.17, 15) is 4.39 Å². The summed E-state index contributed by atoms with van der Waals surface area (Å²) < 4.78 is 13.8. The van der Waals surface area contributed by atoms with Gasteiger partial charge >= 0.3 is 0 Å². The molecule has 0 spiro atoms. The fourth-order valence-electron chi connectivity index (χ4n) is 1.80. The SMILES string of the molecule is CCc1cc2c(Sc3ccccc3F)nc(Cl)nc2s1. The summed E-state index contributed by atoms with van der Waals surface area (Å²) >= 11 is 8.84. The summed E-state index contributed by atoms with van der Waals surface area (Å²) in [5, 5.41) is 1.83. The molecule has 0 N–H and O–H groups in total. The molecule has 0 saturated heterocycles. The second kappa shape index (κ2) is 5.68. The average Bonchev–Trinajstić information content (AvgIpc) is 2.84. The third kappa shape index (κ3) is 2.66. The smallest absolute Gasteiger partial charge is 0.210 e.